The molecule has 84 valence electrons. The van der Waals surface area contributed by atoms with Crippen molar-refractivity contribution in [1.82, 2.24) is 10.5 Å². The highest BCUT2D eigenvalue weighted by Crippen LogP contribution is 2.10. The van der Waals surface area contributed by atoms with Crippen molar-refractivity contribution >= 4 is 5.91 Å². The summed E-state index contributed by atoms with van der Waals surface area (Å²) in [6.07, 6.45) is 0. The summed E-state index contributed by atoms with van der Waals surface area (Å²) in [6.45, 7) is 2.27. The van der Waals surface area contributed by atoms with E-state index in [0.717, 1.165) is 0 Å². The van der Waals surface area contributed by atoms with Crippen LogP contribution in [0.2, 0.25) is 0 Å². The first-order valence-corrected chi connectivity index (χ1v) is 4.48. The lowest BCUT2D eigenvalue weighted by molar-refractivity contribution is 0.0868. The Kier molecular flexibility index (Phi) is 4.11. The van der Waals surface area contributed by atoms with E-state index in [0.29, 0.717) is 6.61 Å². The third-order valence-electron chi connectivity index (χ3n) is 1.72. The SMILES string of the molecule is COC[C@@H](C)NC(=O)c1cc(OC)no1. The van der Waals surface area contributed by atoms with Gasteiger partial charge in [-0.3, -0.25) is 4.79 Å². The van der Waals surface area contributed by atoms with Crippen molar-refractivity contribution in [2.75, 3.05) is 20.8 Å². The van der Waals surface area contributed by atoms with Crippen LogP contribution in [0, 0.1) is 0 Å². The smallest absolute Gasteiger partial charge is 0.290 e. The number of rotatable bonds is 5. The van der Waals surface area contributed by atoms with Crippen molar-refractivity contribution in [1.29, 1.82) is 0 Å². The molecule has 0 aliphatic heterocycles. The van der Waals surface area contributed by atoms with Crippen LogP contribution in [0.15, 0.2) is 10.6 Å². The summed E-state index contributed by atoms with van der Waals surface area (Å²) in [5.41, 5.74) is 0. The van der Waals surface area contributed by atoms with Gasteiger partial charge in [0.05, 0.1) is 19.8 Å². The largest absolute Gasteiger partial charge is 0.479 e. The zero-order valence-electron chi connectivity index (χ0n) is 8.94. The molecule has 1 N–H and O–H groups in total. The van der Waals surface area contributed by atoms with E-state index in [-0.39, 0.29) is 23.6 Å². The summed E-state index contributed by atoms with van der Waals surface area (Å²) >= 11 is 0. The fraction of sp³-hybridized carbons (Fsp3) is 0.556. The minimum atomic E-state index is -0.338. The monoisotopic (exact) mass is 214 g/mol. The molecular formula is C9H14N2O4. The van der Waals surface area contributed by atoms with Crippen LogP contribution in [0.1, 0.15) is 17.5 Å². The standard InChI is InChI=1S/C9H14N2O4/c1-6(5-13-2)10-9(12)7-4-8(14-3)11-15-7/h4,6H,5H2,1-3H3,(H,10,12)/t6-/m1/s1. The highest BCUT2D eigenvalue weighted by molar-refractivity contribution is 5.91. The highest BCUT2D eigenvalue weighted by Gasteiger charge is 2.15. The van der Waals surface area contributed by atoms with Gasteiger partial charge in [-0.15, -0.1) is 0 Å². The molecule has 0 aliphatic rings. The molecule has 6 heteroatoms. The minimum absolute atomic E-state index is 0.0846. The summed E-state index contributed by atoms with van der Waals surface area (Å²) in [6, 6.07) is 1.34. The normalized spacial score (nSPS) is 12.2. The summed E-state index contributed by atoms with van der Waals surface area (Å²) in [4.78, 5) is 11.5. The fourth-order valence-electron chi connectivity index (χ4n) is 1.05. The highest BCUT2D eigenvalue weighted by atomic mass is 16.5. The van der Waals surface area contributed by atoms with Gasteiger partial charge in [-0.05, 0) is 12.1 Å². The zero-order chi connectivity index (χ0) is 11.3. The number of hydrogen-bond acceptors (Lipinski definition) is 5. The number of ether oxygens (including phenoxy) is 2. The molecule has 1 aromatic rings. The van der Waals surface area contributed by atoms with Gasteiger partial charge < -0.3 is 19.3 Å². The molecule has 1 amide bonds. The maximum absolute atomic E-state index is 11.5. The van der Waals surface area contributed by atoms with E-state index in [4.69, 9.17) is 14.0 Å². The molecule has 0 radical (unpaired) electrons. The average molecular weight is 214 g/mol. The molecule has 1 heterocycles. The van der Waals surface area contributed by atoms with Gasteiger partial charge in [-0.2, -0.15) is 0 Å². The van der Waals surface area contributed by atoms with Crippen LogP contribution >= 0.6 is 0 Å². The Balaban J connectivity index is 2.53. The quantitative estimate of drug-likeness (QED) is 0.770. The van der Waals surface area contributed by atoms with E-state index < -0.39 is 0 Å². The Labute approximate surface area is 87.5 Å². The van der Waals surface area contributed by atoms with Crippen LogP contribution in [0.3, 0.4) is 0 Å². The fourth-order valence-corrected chi connectivity index (χ4v) is 1.05. The predicted octanol–water partition coefficient (Wildman–Crippen LogP) is 0.448. The van der Waals surface area contributed by atoms with Gasteiger partial charge in [0.15, 0.2) is 0 Å². The van der Waals surface area contributed by atoms with E-state index in [9.17, 15) is 4.79 Å². The van der Waals surface area contributed by atoms with Crippen molar-refractivity contribution < 1.29 is 18.8 Å². The predicted molar refractivity (Wildman–Crippen MR) is 51.9 cm³/mol. The Morgan fingerprint density at radius 1 is 1.67 bits per heavy atom. The number of nitrogens with one attached hydrogen (secondary N) is 1. The van der Waals surface area contributed by atoms with E-state index in [1.165, 1.54) is 13.2 Å². The number of carbonyl (C=O) groups excluding carboxylic acids is 1. The topological polar surface area (TPSA) is 73.6 Å². The van der Waals surface area contributed by atoms with E-state index >= 15 is 0 Å². The first-order valence-electron chi connectivity index (χ1n) is 4.48. The van der Waals surface area contributed by atoms with E-state index in [1.807, 2.05) is 6.92 Å². The van der Waals surface area contributed by atoms with Gasteiger partial charge in [0, 0.05) is 13.2 Å². The number of hydrogen-bond donors (Lipinski definition) is 1. The van der Waals surface area contributed by atoms with Crippen molar-refractivity contribution in [3.8, 4) is 5.88 Å². The third kappa shape index (κ3) is 3.25. The van der Waals surface area contributed by atoms with Crippen molar-refractivity contribution in [3.05, 3.63) is 11.8 Å². The van der Waals surface area contributed by atoms with Crippen LogP contribution in [-0.4, -0.2) is 37.9 Å². The molecule has 1 atom stereocenters. The summed E-state index contributed by atoms with van der Waals surface area (Å²) < 4.78 is 14.4. The van der Waals surface area contributed by atoms with Gasteiger partial charge >= 0.3 is 0 Å². The molecule has 0 fully saturated rings. The van der Waals surface area contributed by atoms with Gasteiger partial charge in [0.1, 0.15) is 0 Å². The molecule has 1 rings (SSSR count). The molecule has 0 saturated heterocycles. The molecule has 6 nitrogen and oxygen atoms in total. The Hall–Kier alpha value is -1.56. The zero-order valence-corrected chi connectivity index (χ0v) is 8.94. The molecule has 0 aliphatic carbocycles. The molecule has 15 heavy (non-hydrogen) atoms. The van der Waals surface area contributed by atoms with Gasteiger partial charge in [0.25, 0.3) is 11.8 Å². The molecule has 0 spiro atoms. The molecule has 0 aromatic carbocycles. The molecule has 0 unspecified atom stereocenters. The van der Waals surface area contributed by atoms with Crippen molar-refractivity contribution in [2.24, 2.45) is 0 Å². The number of nitrogens with zero attached hydrogens (tertiary/aromatic N) is 1. The Morgan fingerprint density at radius 2 is 2.40 bits per heavy atom. The summed E-state index contributed by atoms with van der Waals surface area (Å²) in [5.74, 6) is 0.0599. The Morgan fingerprint density at radius 3 is 2.93 bits per heavy atom. The maximum Gasteiger partial charge on any atom is 0.290 e. The van der Waals surface area contributed by atoms with E-state index in [1.54, 1.807) is 7.11 Å². The molecular weight excluding hydrogens is 200 g/mol. The first-order chi connectivity index (χ1) is 7.17. The second kappa shape index (κ2) is 5.35. The van der Waals surface area contributed by atoms with Crippen LogP contribution in [0.25, 0.3) is 0 Å². The second-order valence-electron chi connectivity index (χ2n) is 3.06. The number of carbonyl (C=O) groups is 1. The lowest BCUT2D eigenvalue weighted by atomic mass is 10.3. The van der Waals surface area contributed by atoms with Crippen molar-refractivity contribution in [2.45, 2.75) is 13.0 Å². The van der Waals surface area contributed by atoms with Crippen LogP contribution in [0.5, 0.6) is 5.88 Å². The molecule has 0 bridgehead atoms. The summed E-state index contributed by atoms with van der Waals surface area (Å²) in [7, 11) is 3.02. The lowest BCUT2D eigenvalue weighted by Gasteiger charge is -2.10. The van der Waals surface area contributed by atoms with Crippen LogP contribution in [0.4, 0.5) is 0 Å². The number of methoxy groups -OCH3 is 2. The minimum Gasteiger partial charge on any atom is -0.479 e. The first kappa shape index (κ1) is 11.5. The lowest BCUT2D eigenvalue weighted by Crippen LogP contribution is -2.35. The van der Waals surface area contributed by atoms with Crippen molar-refractivity contribution in [3.63, 3.8) is 0 Å². The second-order valence-corrected chi connectivity index (χ2v) is 3.06. The average Bonchev–Trinajstić information content (AvgIpc) is 2.66. The summed E-state index contributed by atoms with van der Waals surface area (Å²) in [5, 5.41) is 6.20. The van der Waals surface area contributed by atoms with Crippen LogP contribution in [-0.2, 0) is 4.74 Å². The van der Waals surface area contributed by atoms with Crippen LogP contribution < -0.4 is 10.1 Å². The number of amides is 1. The molecule has 1 aromatic heterocycles. The number of aromatic nitrogens is 1. The third-order valence-corrected chi connectivity index (χ3v) is 1.72. The molecule has 0 saturated carbocycles. The van der Waals surface area contributed by atoms with E-state index in [2.05, 4.69) is 10.5 Å². The van der Waals surface area contributed by atoms with Gasteiger partial charge in [-0.1, -0.05) is 0 Å². The maximum atomic E-state index is 11.5. The van der Waals surface area contributed by atoms with Gasteiger partial charge in [0.2, 0.25) is 5.76 Å². The van der Waals surface area contributed by atoms with Gasteiger partial charge in [-0.25, -0.2) is 0 Å². The Bertz CT molecular complexity index is 324.